The van der Waals surface area contributed by atoms with Crippen molar-refractivity contribution in [3.05, 3.63) is 0 Å². The molecule has 11 atom stereocenters. The fraction of sp³-hybridized carbons (Fsp3) is 0.696. The molecule has 0 aliphatic carbocycles. The Morgan fingerprint density at radius 3 is 1.23 bits per heavy atom. The van der Waals surface area contributed by atoms with Crippen molar-refractivity contribution in [1.29, 1.82) is 0 Å². The SMILES string of the molecule is CC(C)C[C@H](NC(=O)[C@@H]1CCCN1C(=O)[C@H](CO)NC(=O)[C@H](C)NC(=O)[C@H](CCC(=O)O)NC(=O)[C@H](CCC(=O)O)NC(=O)[C@H](CCC(N)=O)NC(=O)[C@H](C)NC(=O)[C@H](CO)NC(=O)[C@@H]1CCCN1C(=O)[C@@H](N)CO)C(N)=O. The van der Waals surface area contributed by atoms with Crippen LogP contribution in [0.5, 0.6) is 0 Å². The largest absolute Gasteiger partial charge is 0.481 e. The molecule has 438 valence electrons. The standard InChI is InChI=1S/C46H75N13O19/c1-21(2)17-28(36(49)68)55-43(75)32-8-6-16-59(32)46(78)30(20-62)57-38(70)23(4)50-39(71)26(10-13-34(64)65)53-41(73)27(11-14-35(66)67)54-40(72)25(9-12-33(48)63)52-37(69)22(3)51-42(74)29(19-61)56-44(76)31-7-5-15-58(31)45(77)24(47)18-60/h21-32,60-62H,5-20,47H2,1-4H3,(H2,48,63)(H2,49,68)(H,50,71)(H,51,74)(H,52,69)(H,53,73)(H,54,72)(H,55,75)(H,56,76)(H,57,70)(H,64,65)(H,66,67)/t22-,23-,24-,25-,26-,27-,28-,29-,30-,31-,32-/m0/s1. The van der Waals surface area contributed by atoms with E-state index in [9.17, 15) is 92.7 Å². The zero-order chi connectivity index (χ0) is 59.1. The van der Waals surface area contributed by atoms with E-state index in [4.69, 9.17) is 17.2 Å². The van der Waals surface area contributed by atoms with Crippen molar-refractivity contribution < 1.29 is 92.7 Å². The number of carboxylic acid groups (broad SMARTS) is 2. The Balaban J connectivity index is 2.23. The number of rotatable bonds is 33. The second-order valence-electron chi connectivity index (χ2n) is 19.3. The predicted molar refractivity (Wildman–Crippen MR) is 266 cm³/mol. The maximum absolute atomic E-state index is 13.8. The molecule has 2 fully saturated rings. The van der Waals surface area contributed by atoms with Gasteiger partial charge in [0.15, 0.2) is 0 Å². The zero-order valence-corrected chi connectivity index (χ0v) is 43.8. The molecule has 32 nitrogen and oxygen atoms in total. The van der Waals surface area contributed by atoms with E-state index in [0.717, 1.165) is 23.6 Å². The van der Waals surface area contributed by atoms with Gasteiger partial charge in [-0.05, 0) is 71.1 Å². The third-order valence-corrected chi connectivity index (χ3v) is 12.5. The zero-order valence-electron chi connectivity index (χ0n) is 43.8. The second-order valence-corrected chi connectivity index (χ2v) is 19.3. The Bertz CT molecular complexity index is 2220. The molecule has 12 amide bonds. The molecular weight excluding hydrogens is 1040 g/mol. The molecule has 32 heteroatoms. The lowest BCUT2D eigenvalue weighted by molar-refractivity contribution is -0.143. The minimum atomic E-state index is -1.86. The first kappa shape index (κ1) is 66.5. The van der Waals surface area contributed by atoms with Gasteiger partial charge in [0.05, 0.1) is 19.8 Å². The highest BCUT2D eigenvalue weighted by molar-refractivity contribution is 5.99. The van der Waals surface area contributed by atoms with Gasteiger partial charge in [0.25, 0.3) is 0 Å². The molecule has 0 aromatic heterocycles. The molecule has 0 saturated carbocycles. The summed E-state index contributed by atoms with van der Waals surface area (Å²) in [7, 11) is 0. The van der Waals surface area contributed by atoms with Crippen LogP contribution in [0, 0.1) is 5.92 Å². The van der Waals surface area contributed by atoms with Crippen molar-refractivity contribution >= 4 is 82.8 Å². The van der Waals surface area contributed by atoms with Crippen LogP contribution in [0.15, 0.2) is 0 Å². The number of aliphatic hydroxyl groups excluding tert-OH is 3. The van der Waals surface area contributed by atoms with E-state index < -0.39 is 208 Å². The number of hydrogen-bond acceptors (Lipinski definition) is 18. The second kappa shape index (κ2) is 32.2. The van der Waals surface area contributed by atoms with Crippen molar-refractivity contribution in [3.8, 4) is 0 Å². The number of nitrogens with one attached hydrogen (secondary N) is 8. The third kappa shape index (κ3) is 21.1. The molecule has 0 aromatic carbocycles. The number of nitrogens with zero attached hydrogens (tertiary/aromatic N) is 2. The van der Waals surface area contributed by atoms with E-state index in [1.54, 1.807) is 13.8 Å². The number of carboxylic acids is 2. The molecule has 2 heterocycles. The highest BCUT2D eigenvalue weighted by atomic mass is 16.4. The molecule has 0 unspecified atom stereocenters. The number of amides is 12. The lowest BCUT2D eigenvalue weighted by Crippen LogP contribution is -2.60. The Labute approximate surface area is 447 Å². The van der Waals surface area contributed by atoms with Gasteiger partial charge in [0.1, 0.15) is 66.5 Å². The van der Waals surface area contributed by atoms with Crippen LogP contribution in [0.3, 0.4) is 0 Å². The van der Waals surface area contributed by atoms with Gasteiger partial charge in [-0.25, -0.2) is 0 Å². The van der Waals surface area contributed by atoms with Crippen molar-refractivity contribution in [1.82, 2.24) is 52.3 Å². The summed E-state index contributed by atoms with van der Waals surface area (Å²) in [6.45, 7) is 3.37. The van der Waals surface area contributed by atoms with Gasteiger partial charge >= 0.3 is 11.9 Å². The van der Waals surface area contributed by atoms with Gasteiger partial charge in [-0.1, -0.05) is 13.8 Å². The van der Waals surface area contributed by atoms with E-state index in [1.807, 2.05) is 0 Å². The van der Waals surface area contributed by atoms with Gasteiger partial charge in [0, 0.05) is 32.4 Å². The number of hydrogen-bond donors (Lipinski definition) is 16. The topological polar surface area (TPSA) is 521 Å². The summed E-state index contributed by atoms with van der Waals surface area (Å²) in [5.74, 6) is -14.8. The molecule has 0 radical (unpaired) electrons. The number of aliphatic carboxylic acids is 2. The van der Waals surface area contributed by atoms with Crippen molar-refractivity contribution in [2.45, 2.75) is 165 Å². The van der Waals surface area contributed by atoms with E-state index in [2.05, 4.69) is 42.5 Å². The van der Waals surface area contributed by atoms with E-state index in [0.29, 0.717) is 12.8 Å². The average Bonchev–Trinajstić information content (AvgIpc) is 4.08. The lowest BCUT2D eigenvalue weighted by Gasteiger charge is -2.30. The van der Waals surface area contributed by atoms with E-state index in [-0.39, 0.29) is 38.3 Å². The number of likely N-dealkylation sites (tertiary alicyclic amines) is 2. The van der Waals surface area contributed by atoms with Crippen LogP contribution in [0.25, 0.3) is 0 Å². The maximum Gasteiger partial charge on any atom is 0.303 e. The fourth-order valence-corrected chi connectivity index (χ4v) is 8.26. The first-order chi connectivity index (χ1) is 36.6. The molecule has 2 aliphatic heterocycles. The van der Waals surface area contributed by atoms with Crippen LogP contribution in [0.4, 0.5) is 0 Å². The van der Waals surface area contributed by atoms with Crippen LogP contribution < -0.4 is 59.7 Å². The number of aliphatic hydroxyl groups is 3. The Morgan fingerprint density at radius 1 is 0.474 bits per heavy atom. The molecule has 19 N–H and O–H groups in total. The van der Waals surface area contributed by atoms with Crippen LogP contribution >= 0.6 is 0 Å². The summed E-state index contributed by atoms with van der Waals surface area (Å²) in [6.07, 6.45) is -2.71. The van der Waals surface area contributed by atoms with Gasteiger partial charge in [-0.2, -0.15) is 0 Å². The van der Waals surface area contributed by atoms with Gasteiger partial charge < -0.3 is 95.1 Å². The normalized spacial score (nSPS) is 18.5. The molecule has 0 bridgehead atoms. The Kier molecular flexibility index (Phi) is 27.5. The quantitative estimate of drug-likeness (QED) is 0.0290. The summed E-state index contributed by atoms with van der Waals surface area (Å²) in [5, 5.41) is 66.6. The predicted octanol–water partition coefficient (Wildman–Crippen LogP) is -8.28. The smallest absolute Gasteiger partial charge is 0.303 e. The van der Waals surface area contributed by atoms with Crippen LogP contribution in [0.2, 0.25) is 0 Å². The summed E-state index contributed by atoms with van der Waals surface area (Å²) in [4.78, 5) is 183. The number of primary amides is 2. The number of carbonyl (C=O) groups excluding carboxylic acids is 12. The number of carbonyl (C=O) groups is 14. The molecule has 2 rings (SSSR count). The first-order valence-corrected chi connectivity index (χ1v) is 25.2. The Morgan fingerprint density at radius 2 is 0.846 bits per heavy atom. The molecule has 2 aliphatic rings. The molecular formula is C46H75N13O19. The van der Waals surface area contributed by atoms with E-state index in [1.165, 1.54) is 0 Å². The summed E-state index contributed by atoms with van der Waals surface area (Å²) >= 11 is 0. The van der Waals surface area contributed by atoms with Crippen LogP contribution in [-0.2, 0) is 67.1 Å². The fourth-order valence-electron chi connectivity index (χ4n) is 8.26. The summed E-state index contributed by atoms with van der Waals surface area (Å²) in [6, 6.07) is -16.4. The van der Waals surface area contributed by atoms with Gasteiger partial charge in [-0.3, -0.25) is 67.1 Å². The average molecular weight is 1110 g/mol. The molecule has 0 aromatic rings. The molecule has 78 heavy (non-hydrogen) atoms. The maximum atomic E-state index is 13.8. The minimum Gasteiger partial charge on any atom is -0.481 e. The van der Waals surface area contributed by atoms with Gasteiger partial charge in [-0.15, -0.1) is 0 Å². The van der Waals surface area contributed by atoms with Crippen LogP contribution in [-0.4, -0.2) is 218 Å². The van der Waals surface area contributed by atoms with Crippen molar-refractivity contribution in [2.24, 2.45) is 23.1 Å². The molecule has 2 saturated heterocycles. The monoisotopic (exact) mass is 1110 g/mol. The van der Waals surface area contributed by atoms with Crippen molar-refractivity contribution in [3.63, 3.8) is 0 Å². The Hall–Kier alpha value is -7.58. The molecule has 0 spiro atoms. The third-order valence-electron chi connectivity index (χ3n) is 12.5. The summed E-state index contributed by atoms with van der Waals surface area (Å²) < 4.78 is 0. The first-order valence-electron chi connectivity index (χ1n) is 25.2. The lowest BCUT2D eigenvalue weighted by atomic mass is 10.0. The summed E-state index contributed by atoms with van der Waals surface area (Å²) in [5.41, 5.74) is 16.4. The number of nitrogens with two attached hydrogens (primary N) is 3. The van der Waals surface area contributed by atoms with E-state index >= 15 is 0 Å². The van der Waals surface area contributed by atoms with Gasteiger partial charge in [0.2, 0.25) is 70.9 Å². The minimum absolute atomic E-state index is 0.0282. The van der Waals surface area contributed by atoms with Crippen molar-refractivity contribution in [2.75, 3.05) is 32.9 Å². The highest BCUT2D eigenvalue weighted by Gasteiger charge is 2.41. The van der Waals surface area contributed by atoms with Crippen LogP contribution in [0.1, 0.15) is 98.3 Å². The highest BCUT2D eigenvalue weighted by Crippen LogP contribution is 2.21.